The summed E-state index contributed by atoms with van der Waals surface area (Å²) in [5, 5.41) is 2.87. The van der Waals surface area contributed by atoms with Crippen LogP contribution in [0.15, 0.2) is 36.7 Å². The molecule has 21 heavy (non-hydrogen) atoms. The Morgan fingerprint density at radius 1 is 1.38 bits per heavy atom. The number of nitrogens with zero attached hydrogens (tertiary/aromatic N) is 1. The standard InChI is InChI=1S/C16H19N3O2/c1-3-21-15-7-13(6-14(17)8-15)16(20)19-10-12-4-5-18-9-11(12)2/h4-9H,3,10,17H2,1-2H3,(H,19,20). The fraction of sp³-hybridized carbons (Fsp3) is 0.250. The van der Waals surface area contributed by atoms with Crippen molar-refractivity contribution in [1.82, 2.24) is 10.3 Å². The van der Waals surface area contributed by atoms with E-state index in [4.69, 9.17) is 10.5 Å². The Kier molecular flexibility index (Phi) is 4.77. The van der Waals surface area contributed by atoms with Crippen LogP contribution in [-0.2, 0) is 6.54 Å². The molecule has 0 fully saturated rings. The summed E-state index contributed by atoms with van der Waals surface area (Å²) in [7, 11) is 0. The highest BCUT2D eigenvalue weighted by atomic mass is 16.5. The number of ether oxygens (including phenoxy) is 1. The van der Waals surface area contributed by atoms with Crippen LogP contribution in [-0.4, -0.2) is 17.5 Å². The van der Waals surface area contributed by atoms with Crippen molar-refractivity contribution in [2.24, 2.45) is 0 Å². The Hall–Kier alpha value is -2.56. The molecule has 1 aromatic carbocycles. The number of anilines is 1. The molecule has 5 heteroatoms. The average Bonchev–Trinajstić information content (AvgIpc) is 2.46. The number of amides is 1. The van der Waals surface area contributed by atoms with Gasteiger partial charge in [-0.3, -0.25) is 9.78 Å². The highest BCUT2D eigenvalue weighted by molar-refractivity contribution is 5.95. The van der Waals surface area contributed by atoms with Crippen LogP contribution in [0.25, 0.3) is 0 Å². The zero-order chi connectivity index (χ0) is 15.2. The number of aryl methyl sites for hydroxylation is 1. The first-order valence-corrected chi connectivity index (χ1v) is 6.81. The van der Waals surface area contributed by atoms with E-state index in [1.54, 1.807) is 30.6 Å². The van der Waals surface area contributed by atoms with Crippen LogP contribution in [0.4, 0.5) is 5.69 Å². The fourth-order valence-electron chi connectivity index (χ4n) is 1.98. The van der Waals surface area contributed by atoms with Gasteiger partial charge in [-0.15, -0.1) is 0 Å². The Bertz CT molecular complexity index is 641. The second-order valence-electron chi connectivity index (χ2n) is 4.71. The molecule has 2 rings (SSSR count). The third-order valence-corrected chi connectivity index (χ3v) is 3.08. The van der Waals surface area contributed by atoms with E-state index in [2.05, 4.69) is 10.3 Å². The molecule has 5 nitrogen and oxygen atoms in total. The Balaban J connectivity index is 2.08. The van der Waals surface area contributed by atoms with Gasteiger partial charge in [-0.2, -0.15) is 0 Å². The number of nitrogens with two attached hydrogens (primary N) is 1. The van der Waals surface area contributed by atoms with E-state index in [-0.39, 0.29) is 5.91 Å². The molecule has 0 atom stereocenters. The van der Waals surface area contributed by atoms with Gasteiger partial charge >= 0.3 is 0 Å². The monoisotopic (exact) mass is 285 g/mol. The van der Waals surface area contributed by atoms with Crippen LogP contribution in [0, 0.1) is 6.92 Å². The molecular formula is C16H19N3O2. The molecule has 0 bridgehead atoms. The van der Waals surface area contributed by atoms with Crippen molar-refractivity contribution in [2.75, 3.05) is 12.3 Å². The second kappa shape index (κ2) is 6.74. The van der Waals surface area contributed by atoms with Crippen LogP contribution in [0.2, 0.25) is 0 Å². The van der Waals surface area contributed by atoms with Gasteiger partial charge in [0.2, 0.25) is 0 Å². The van der Waals surface area contributed by atoms with Crippen LogP contribution < -0.4 is 15.8 Å². The van der Waals surface area contributed by atoms with Crippen molar-refractivity contribution >= 4 is 11.6 Å². The van der Waals surface area contributed by atoms with Gasteiger partial charge in [0.25, 0.3) is 5.91 Å². The molecule has 3 N–H and O–H groups in total. The van der Waals surface area contributed by atoms with Gasteiger partial charge < -0.3 is 15.8 Å². The lowest BCUT2D eigenvalue weighted by atomic mass is 10.1. The van der Waals surface area contributed by atoms with Crippen LogP contribution in [0.5, 0.6) is 5.75 Å². The first kappa shape index (κ1) is 14.8. The van der Waals surface area contributed by atoms with E-state index in [1.165, 1.54) is 0 Å². The average molecular weight is 285 g/mol. The van der Waals surface area contributed by atoms with Gasteiger partial charge in [-0.1, -0.05) is 0 Å². The molecule has 0 unspecified atom stereocenters. The van der Waals surface area contributed by atoms with E-state index in [9.17, 15) is 4.79 Å². The normalized spacial score (nSPS) is 10.2. The fourth-order valence-corrected chi connectivity index (χ4v) is 1.98. The van der Waals surface area contributed by atoms with Gasteiger partial charge in [0, 0.05) is 36.3 Å². The summed E-state index contributed by atoms with van der Waals surface area (Å²) in [5.74, 6) is 0.419. The van der Waals surface area contributed by atoms with Gasteiger partial charge in [0.05, 0.1) is 6.61 Å². The second-order valence-corrected chi connectivity index (χ2v) is 4.71. The molecule has 0 aliphatic heterocycles. The molecular weight excluding hydrogens is 266 g/mol. The molecule has 0 saturated heterocycles. The van der Waals surface area contributed by atoms with Crippen molar-refractivity contribution in [1.29, 1.82) is 0 Å². The minimum absolute atomic E-state index is 0.181. The number of benzene rings is 1. The van der Waals surface area contributed by atoms with Crippen molar-refractivity contribution in [3.63, 3.8) is 0 Å². The molecule has 1 amide bonds. The summed E-state index contributed by atoms with van der Waals surface area (Å²) < 4.78 is 5.39. The van der Waals surface area contributed by atoms with E-state index >= 15 is 0 Å². The SMILES string of the molecule is CCOc1cc(N)cc(C(=O)NCc2ccncc2C)c1. The molecule has 1 aromatic heterocycles. The molecule has 0 saturated carbocycles. The van der Waals surface area contributed by atoms with E-state index < -0.39 is 0 Å². The van der Waals surface area contributed by atoms with E-state index in [0.717, 1.165) is 11.1 Å². The lowest BCUT2D eigenvalue weighted by Crippen LogP contribution is -2.23. The minimum Gasteiger partial charge on any atom is -0.494 e. The zero-order valence-corrected chi connectivity index (χ0v) is 12.2. The number of hydrogen-bond donors (Lipinski definition) is 2. The van der Waals surface area contributed by atoms with Gasteiger partial charge in [-0.05, 0) is 43.2 Å². The molecule has 1 heterocycles. The Morgan fingerprint density at radius 2 is 2.19 bits per heavy atom. The number of nitrogen functional groups attached to an aromatic ring is 1. The van der Waals surface area contributed by atoms with Gasteiger partial charge in [0.1, 0.15) is 5.75 Å². The largest absolute Gasteiger partial charge is 0.494 e. The minimum atomic E-state index is -0.181. The molecule has 0 spiro atoms. The zero-order valence-electron chi connectivity index (χ0n) is 12.2. The maximum atomic E-state index is 12.2. The third-order valence-electron chi connectivity index (χ3n) is 3.08. The van der Waals surface area contributed by atoms with E-state index in [0.29, 0.717) is 30.2 Å². The summed E-state index contributed by atoms with van der Waals surface area (Å²) in [5.41, 5.74) is 8.86. The van der Waals surface area contributed by atoms with Gasteiger partial charge in [0.15, 0.2) is 0 Å². The lowest BCUT2D eigenvalue weighted by Gasteiger charge is -2.10. The lowest BCUT2D eigenvalue weighted by molar-refractivity contribution is 0.0950. The number of carbonyl (C=O) groups excluding carboxylic acids is 1. The predicted octanol–water partition coefficient (Wildman–Crippen LogP) is 2.30. The van der Waals surface area contributed by atoms with Crippen molar-refractivity contribution in [2.45, 2.75) is 20.4 Å². The van der Waals surface area contributed by atoms with E-state index in [1.807, 2.05) is 19.9 Å². The van der Waals surface area contributed by atoms with Crippen molar-refractivity contribution in [3.05, 3.63) is 53.3 Å². The molecule has 110 valence electrons. The Morgan fingerprint density at radius 3 is 2.90 bits per heavy atom. The summed E-state index contributed by atoms with van der Waals surface area (Å²) >= 11 is 0. The first-order valence-electron chi connectivity index (χ1n) is 6.81. The number of nitrogens with one attached hydrogen (secondary N) is 1. The maximum absolute atomic E-state index is 12.2. The molecule has 0 aliphatic rings. The third kappa shape index (κ3) is 3.95. The summed E-state index contributed by atoms with van der Waals surface area (Å²) in [6, 6.07) is 6.92. The highest BCUT2D eigenvalue weighted by Gasteiger charge is 2.09. The number of pyridine rings is 1. The van der Waals surface area contributed by atoms with Crippen LogP contribution >= 0.6 is 0 Å². The molecule has 0 aliphatic carbocycles. The number of carbonyl (C=O) groups is 1. The topological polar surface area (TPSA) is 77.2 Å². The molecule has 2 aromatic rings. The van der Waals surface area contributed by atoms with Crippen molar-refractivity contribution < 1.29 is 9.53 Å². The predicted molar refractivity (Wildman–Crippen MR) is 82.2 cm³/mol. The number of hydrogen-bond acceptors (Lipinski definition) is 4. The summed E-state index contributed by atoms with van der Waals surface area (Å²) in [6.45, 7) is 4.82. The number of rotatable bonds is 5. The summed E-state index contributed by atoms with van der Waals surface area (Å²) in [4.78, 5) is 16.2. The van der Waals surface area contributed by atoms with Gasteiger partial charge in [-0.25, -0.2) is 0 Å². The van der Waals surface area contributed by atoms with Crippen LogP contribution in [0.3, 0.4) is 0 Å². The Labute approximate surface area is 124 Å². The highest BCUT2D eigenvalue weighted by Crippen LogP contribution is 2.19. The maximum Gasteiger partial charge on any atom is 0.251 e. The summed E-state index contributed by atoms with van der Waals surface area (Å²) in [6.07, 6.45) is 3.48. The quantitative estimate of drug-likeness (QED) is 0.826. The first-order chi connectivity index (χ1) is 10.1. The molecule has 0 radical (unpaired) electrons. The number of aromatic nitrogens is 1. The smallest absolute Gasteiger partial charge is 0.251 e. The van der Waals surface area contributed by atoms with Crippen LogP contribution in [0.1, 0.15) is 28.4 Å². The van der Waals surface area contributed by atoms with Crippen molar-refractivity contribution in [3.8, 4) is 5.75 Å².